The number of hydrogen-bond donors (Lipinski definition) is 1. The van der Waals surface area contributed by atoms with Crippen LogP contribution in [0, 0.1) is 0 Å². The van der Waals surface area contributed by atoms with Crippen molar-refractivity contribution < 1.29 is 4.79 Å². The first kappa shape index (κ1) is 5.11. The molecule has 2 rings (SSSR count). The third kappa shape index (κ3) is 0.612. The van der Waals surface area contributed by atoms with Gasteiger partial charge in [0.05, 0.1) is 5.75 Å². The van der Waals surface area contributed by atoms with Crippen LogP contribution in [0.25, 0.3) is 0 Å². The highest BCUT2D eigenvalue weighted by Gasteiger charge is 2.19. The third-order valence-corrected chi connectivity index (χ3v) is 2.42. The number of thioether (sulfide) groups is 1. The van der Waals surface area contributed by atoms with Gasteiger partial charge in [0.25, 0.3) is 0 Å². The molecule has 3 heteroatoms. The summed E-state index contributed by atoms with van der Waals surface area (Å²) in [5.41, 5.74) is 0.861. The van der Waals surface area contributed by atoms with Crippen molar-refractivity contribution in [2.75, 3.05) is 5.75 Å². The van der Waals surface area contributed by atoms with Gasteiger partial charge in [-0.3, -0.25) is 4.79 Å². The lowest BCUT2D eigenvalue weighted by Gasteiger charge is -1.77. The number of carbonyl (C=O) groups excluding carboxylic acids is 1. The van der Waals surface area contributed by atoms with Gasteiger partial charge in [0, 0.05) is 22.9 Å². The average Bonchev–Trinajstić information content (AvgIpc) is 2.35. The van der Waals surface area contributed by atoms with E-state index in [4.69, 9.17) is 0 Å². The van der Waals surface area contributed by atoms with Crippen LogP contribution in [0.3, 0.4) is 0 Å². The number of fused-ring (bicyclic) bond motifs is 1. The Hall–Kier alpha value is -0.700. The number of hydrogen-bond acceptors (Lipinski definition) is 2. The highest BCUT2D eigenvalue weighted by atomic mass is 32.2. The molecule has 2 nitrogen and oxygen atoms in total. The fourth-order valence-corrected chi connectivity index (χ4v) is 1.83. The topological polar surface area (TPSA) is 32.9 Å². The molecule has 0 aliphatic carbocycles. The molecule has 9 heavy (non-hydrogen) atoms. The van der Waals surface area contributed by atoms with Gasteiger partial charge in [0.15, 0.2) is 5.78 Å². The van der Waals surface area contributed by atoms with Crippen molar-refractivity contribution in [1.82, 2.24) is 4.98 Å². The van der Waals surface area contributed by atoms with Gasteiger partial charge in [0.1, 0.15) is 0 Å². The highest BCUT2D eigenvalue weighted by Crippen LogP contribution is 2.30. The fraction of sp³-hybridized carbons (Fsp3) is 0.167. The van der Waals surface area contributed by atoms with Crippen LogP contribution in [0.1, 0.15) is 10.4 Å². The van der Waals surface area contributed by atoms with Crippen molar-refractivity contribution in [1.29, 1.82) is 0 Å². The molecular weight excluding hydrogens is 134 g/mol. The molecule has 0 bridgehead atoms. The van der Waals surface area contributed by atoms with E-state index in [0.29, 0.717) is 5.75 Å². The number of carbonyl (C=O) groups is 1. The van der Waals surface area contributed by atoms with E-state index < -0.39 is 0 Å². The Bertz CT molecular complexity index is 253. The molecule has 0 saturated heterocycles. The van der Waals surface area contributed by atoms with Gasteiger partial charge in [0.2, 0.25) is 0 Å². The lowest BCUT2D eigenvalue weighted by atomic mass is 10.2. The van der Waals surface area contributed by atoms with E-state index in [-0.39, 0.29) is 5.78 Å². The zero-order chi connectivity index (χ0) is 6.27. The second kappa shape index (κ2) is 1.64. The predicted octanol–water partition coefficient (Wildman–Crippen LogP) is 1.30. The molecule has 1 N–H and O–H groups in total. The summed E-state index contributed by atoms with van der Waals surface area (Å²) in [6, 6.07) is 0. The minimum atomic E-state index is 0.247. The second-order valence-corrected chi connectivity index (χ2v) is 2.96. The van der Waals surface area contributed by atoms with Gasteiger partial charge in [-0.1, -0.05) is 0 Å². The largest absolute Gasteiger partial charge is 0.366 e. The normalized spacial score (nSPS) is 16.2. The minimum Gasteiger partial charge on any atom is -0.366 e. The van der Waals surface area contributed by atoms with Crippen molar-refractivity contribution in [2.24, 2.45) is 0 Å². The van der Waals surface area contributed by atoms with Crippen LogP contribution in [-0.2, 0) is 0 Å². The molecule has 0 spiro atoms. The summed E-state index contributed by atoms with van der Waals surface area (Å²) in [5.74, 6) is 0.871. The van der Waals surface area contributed by atoms with E-state index >= 15 is 0 Å². The maximum Gasteiger partial charge on any atom is 0.175 e. The molecule has 0 saturated carbocycles. The van der Waals surface area contributed by atoms with Gasteiger partial charge in [-0.05, 0) is 0 Å². The van der Waals surface area contributed by atoms with Crippen molar-refractivity contribution in [3.8, 4) is 0 Å². The number of H-pyrrole nitrogens is 1. The molecule has 1 aromatic heterocycles. The Balaban J connectivity index is 2.61. The first-order valence-electron chi connectivity index (χ1n) is 2.71. The summed E-state index contributed by atoms with van der Waals surface area (Å²) in [6.07, 6.45) is 3.63. The van der Waals surface area contributed by atoms with Gasteiger partial charge >= 0.3 is 0 Å². The molecule has 0 aromatic carbocycles. The molecule has 0 radical (unpaired) electrons. The minimum absolute atomic E-state index is 0.247. The summed E-state index contributed by atoms with van der Waals surface area (Å²) >= 11 is 1.60. The van der Waals surface area contributed by atoms with Gasteiger partial charge in [-0.15, -0.1) is 11.8 Å². The van der Waals surface area contributed by atoms with Crippen LogP contribution in [0.5, 0.6) is 0 Å². The van der Waals surface area contributed by atoms with E-state index in [1.807, 2.05) is 6.20 Å². The van der Waals surface area contributed by atoms with Gasteiger partial charge in [-0.25, -0.2) is 0 Å². The summed E-state index contributed by atoms with van der Waals surface area (Å²) < 4.78 is 0. The SMILES string of the molecule is O=C1CSc2c[nH]cc21. The van der Waals surface area contributed by atoms with E-state index in [1.54, 1.807) is 18.0 Å². The van der Waals surface area contributed by atoms with E-state index in [2.05, 4.69) is 4.98 Å². The maximum atomic E-state index is 10.9. The molecule has 1 aromatic rings. The Morgan fingerprint density at radius 2 is 2.44 bits per heavy atom. The molecule has 0 amide bonds. The quantitative estimate of drug-likeness (QED) is 0.587. The first-order chi connectivity index (χ1) is 4.38. The van der Waals surface area contributed by atoms with Crippen LogP contribution < -0.4 is 0 Å². The number of rotatable bonds is 0. The van der Waals surface area contributed by atoms with Crippen molar-refractivity contribution in [3.05, 3.63) is 18.0 Å². The number of Topliss-reactive ketones (excluding diaryl/α,β-unsaturated/α-hetero) is 1. The lowest BCUT2D eigenvalue weighted by Crippen LogP contribution is -1.92. The third-order valence-electron chi connectivity index (χ3n) is 1.37. The fourth-order valence-electron chi connectivity index (χ4n) is 0.908. The number of ketones is 1. The summed E-state index contributed by atoms with van der Waals surface area (Å²) in [7, 11) is 0. The van der Waals surface area contributed by atoms with Crippen molar-refractivity contribution in [2.45, 2.75) is 4.90 Å². The first-order valence-corrected chi connectivity index (χ1v) is 3.69. The predicted molar refractivity (Wildman–Crippen MR) is 35.8 cm³/mol. The van der Waals surface area contributed by atoms with Gasteiger partial charge in [-0.2, -0.15) is 0 Å². The molecule has 46 valence electrons. The Morgan fingerprint density at radius 3 is 3.22 bits per heavy atom. The molecule has 0 fully saturated rings. The molecular formula is C6H5NOS. The van der Waals surface area contributed by atoms with Crippen LogP contribution in [0.15, 0.2) is 17.3 Å². The number of nitrogens with one attached hydrogen (secondary N) is 1. The molecule has 0 unspecified atom stereocenters. The van der Waals surface area contributed by atoms with E-state index in [9.17, 15) is 4.79 Å². The Kier molecular flexibility index (Phi) is 0.931. The van der Waals surface area contributed by atoms with Crippen molar-refractivity contribution in [3.63, 3.8) is 0 Å². The van der Waals surface area contributed by atoms with Crippen molar-refractivity contribution >= 4 is 17.5 Å². The molecule has 1 aliphatic heterocycles. The van der Waals surface area contributed by atoms with Crippen LogP contribution in [0.4, 0.5) is 0 Å². The monoisotopic (exact) mass is 139 g/mol. The molecule has 0 atom stereocenters. The Labute approximate surface area is 56.6 Å². The zero-order valence-corrected chi connectivity index (χ0v) is 5.49. The van der Waals surface area contributed by atoms with E-state index in [1.165, 1.54) is 0 Å². The number of aromatic amines is 1. The summed E-state index contributed by atoms with van der Waals surface area (Å²) in [6.45, 7) is 0. The highest BCUT2D eigenvalue weighted by molar-refractivity contribution is 8.00. The van der Waals surface area contributed by atoms with Crippen LogP contribution in [0.2, 0.25) is 0 Å². The Morgan fingerprint density at radius 1 is 1.56 bits per heavy atom. The average molecular weight is 139 g/mol. The molecule has 2 heterocycles. The lowest BCUT2D eigenvalue weighted by molar-refractivity contribution is 0.102. The zero-order valence-electron chi connectivity index (χ0n) is 4.68. The smallest absolute Gasteiger partial charge is 0.175 e. The maximum absolute atomic E-state index is 10.9. The van der Waals surface area contributed by atoms with Gasteiger partial charge < -0.3 is 4.98 Å². The summed E-state index contributed by atoms with van der Waals surface area (Å²) in [5, 5.41) is 0. The standard InChI is InChI=1S/C6H5NOS/c8-5-3-9-6-2-7-1-4(5)6/h1-2,7H,3H2. The number of aromatic nitrogens is 1. The van der Waals surface area contributed by atoms with Crippen LogP contribution >= 0.6 is 11.8 Å². The summed E-state index contributed by atoms with van der Waals surface area (Å²) in [4.78, 5) is 14.9. The molecule has 1 aliphatic rings. The van der Waals surface area contributed by atoms with Crippen LogP contribution in [-0.4, -0.2) is 16.5 Å². The van der Waals surface area contributed by atoms with E-state index in [0.717, 1.165) is 10.5 Å². The second-order valence-electron chi connectivity index (χ2n) is 1.95.